The molecule has 1 fully saturated rings. The summed E-state index contributed by atoms with van der Waals surface area (Å²) >= 11 is 0. The lowest BCUT2D eigenvalue weighted by atomic mass is 10.3. The van der Waals surface area contributed by atoms with Gasteiger partial charge in [-0.15, -0.1) is 0 Å². The Bertz CT molecular complexity index is 492. The molecule has 2 rings (SSSR count). The first-order valence-corrected chi connectivity index (χ1v) is 8.10. The standard InChI is InChI=1S/C13H20N2O2S/c1-15(12-5-6-12)10-9-14-11-3-7-13(8-4-11)18(2,16)17/h3-4,7-8,12,14H,5-6,9-10H2,1-2H3. The smallest absolute Gasteiger partial charge is 0.175 e. The summed E-state index contributed by atoms with van der Waals surface area (Å²) in [6, 6.07) is 7.69. The fourth-order valence-electron chi connectivity index (χ4n) is 1.89. The molecule has 1 aromatic rings. The highest BCUT2D eigenvalue weighted by Gasteiger charge is 2.25. The summed E-state index contributed by atoms with van der Waals surface area (Å²) in [7, 11) is -0.948. The average Bonchev–Trinajstić information content (AvgIpc) is 3.12. The summed E-state index contributed by atoms with van der Waals surface area (Å²) in [5.41, 5.74) is 0.964. The summed E-state index contributed by atoms with van der Waals surface area (Å²) in [5, 5.41) is 3.30. The van der Waals surface area contributed by atoms with Crippen LogP contribution in [0.25, 0.3) is 0 Å². The number of hydrogen-bond donors (Lipinski definition) is 1. The number of likely N-dealkylation sites (N-methyl/N-ethyl adjacent to an activating group) is 1. The van der Waals surface area contributed by atoms with Crippen molar-refractivity contribution in [3.8, 4) is 0 Å². The van der Waals surface area contributed by atoms with Crippen LogP contribution in [0.3, 0.4) is 0 Å². The number of rotatable bonds is 6. The fraction of sp³-hybridized carbons (Fsp3) is 0.538. The van der Waals surface area contributed by atoms with Crippen LogP contribution in [0.1, 0.15) is 12.8 Å². The third kappa shape index (κ3) is 3.71. The van der Waals surface area contributed by atoms with Crippen LogP contribution in [0.5, 0.6) is 0 Å². The van der Waals surface area contributed by atoms with E-state index in [1.807, 2.05) is 12.1 Å². The molecule has 1 aliphatic carbocycles. The van der Waals surface area contributed by atoms with Crippen molar-refractivity contribution in [2.75, 3.05) is 31.7 Å². The maximum atomic E-state index is 11.3. The minimum Gasteiger partial charge on any atom is -0.384 e. The second-order valence-electron chi connectivity index (χ2n) is 4.94. The van der Waals surface area contributed by atoms with Crippen molar-refractivity contribution in [2.45, 2.75) is 23.8 Å². The zero-order chi connectivity index (χ0) is 13.2. The molecule has 4 nitrogen and oxygen atoms in total. The molecule has 1 saturated carbocycles. The van der Waals surface area contributed by atoms with Gasteiger partial charge in [-0.2, -0.15) is 0 Å². The molecule has 1 N–H and O–H groups in total. The van der Waals surface area contributed by atoms with Gasteiger partial charge in [0.2, 0.25) is 0 Å². The summed E-state index contributed by atoms with van der Waals surface area (Å²) < 4.78 is 22.6. The van der Waals surface area contributed by atoms with Crippen molar-refractivity contribution < 1.29 is 8.42 Å². The topological polar surface area (TPSA) is 49.4 Å². The molecule has 1 aliphatic rings. The van der Waals surface area contributed by atoms with Crippen molar-refractivity contribution in [3.05, 3.63) is 24.3 Å². The van der Waals surface area contributed by atoms with Gasteiger partial charge in [0.1, 0.15) is 0 Å². The maximum absolute atomic E-state index is 11.3. The first kappa shape index (κ1) is 13.4. The van der Waals surface area contributed by atoms with Crippen LogP contribution in [0.15, 0.2) is 29.2 Å². The van der Waals surface area contributed by atoms with Crippen LogP contribution < -0.4 is 5.32 Å². The maximum Gasteiger partial charge on any atom is 0.175 e. The van der Waals surface area contributed by atoms with Crippen LogP contribution in [-0.4, -0.2) is 45.8 Å². The van der Waals surface area contributed by atoms with Crippen LogP contribution in [0.2, 0.25) is 0 Å². The summed E-state index contributed by atoms with van der Waals surface area (Å²) in [4.78, 5) is 2.72. The zero-order valence-corrected chi connectivity index (χ0v) is 11.7. The number of anilines is 1. The van der Waals surface area contributed by atoms with Gasteiger partial charge >= 0.3 is 0 Å². The minimum atomic E-state index is -3.09. The van der Waals surface area contributed by atoms with E-state index in [4.69, 9.17) is 0 Å². The summed E-state index contributed by atoms with van der Waals surface area (Å²) in [6.07, 6.45) is 3.86. The Morgan fingerprint density at radius 2 is 1.89 bits per heavy atom. The number of nitrogens with zero attached hydrogens (tertiary/aromatic N) is 1. The van der Waals surface area contributed by atoms with Crippen LogP contribution in [0.4, 0.5) is 5.69 Å². The summed E-state index contributed by atoms with van der Waals surface area (Å²) in [5.74, 6) is 0. The molecule has 5 heteroatoms. The Labute approximate surface area is 109 Å². The first-order valence-electron chi connectivity index (χ1n) is 6.21. The molecule has 100 valence electrons. The quantitative estimate of drug-likeness (QED) is 0.851. The third-order valence-electron chi connectivity index (χ3n) is 3.25. The monoisotopic (exact) mass is 268 g/mol. The fourth-order valence-corrected chi connectivity index (χ4v) is 2.52. The lowest BCUT2D eigenvalue weighted by Crippen LogP contribution is -2.26. The van der Waals surface area contributed by atoms with E-state index in [2.05, 4.69) is 17.3 Å². The van der Waals surface area contributed by atoms with Gasteiger partial charge < -0.3 is 10.2 Å². The third-order valence-corrected chi connectivity index (χ3v) is 4.37. The molecule has 18 heavy (non-hydrogen) atoms. The van der Waals surface area contributed by atoms with Gasteiger partial charge in [-0.3, -0.25) is 0 Å². The SMILES string of the molecule is CN(CCNc1ccc(S(C)(=O)=O)cc1)C1CC1. The highest BCUT2D eigenvalue weighted by Crippen LogP contribution is 2.24. The van der Waals surface area contributed by atoms with E-state index in [1.54, 1.807) is 12.1 Å². The van der Waals surface area contributed by atoms with Crippen molar-refractivity contribution in [3.63, 3.8) is 0 Å². The predicted octanol–water partition coefficient (Wildman–Crippen LogP) is 1.60. The van der Waals surface area contributed by atoms with Gasteiger partial charge in [0, 0.05) is 31.1 Å². The molecule has 1 aromatic carbocycles. The highest BCUT2D eigenvalue weighted by molar-refractivity contribution is 7.90. The molecule has 0 atom stereocenters. The molecule has 0 aliphatic heterocycles. The largest absolute Gasteiger partial charge is 0.384 e. The Balaban J connectivity index is 1.82. The molecule has 0 saturated heterocycles. The molecule has 0 amide bonds. The van der Waals surface area contributed by atoms with Crippen LogP contribution in [-0.2, 0) is 9.84 Å². The number of hydrogen-bond acceptors (Lipinski definition) is 4. The van der Waals surface area contributed by atoms with Crippen molar-refractivity contribution in [1.29, 1.82) is 0 Å². The number of sulfone groups is 1. The van der Waals surface area contributed by atoms with Gasteiger partial charge in [-0.25, -0.2) is 8.42 Å². The van der Waals surface area contributed by atoms with E-state index in [9.17, 15) is 8.42 Å². The van der Waals surface area contributed by atoms with Gasteiger partial charge in [-0.1, -0.05) is 0 Å². The highest BCUT2D eigenvalue weighted by atomic mass is 32.2. The van der Waals surface area contributed by atoms with E-state index >= 15 is 0 Å². The average molecular weight is 268 g/mol. The second-order valence-corrected chi connectivity index (χ2v) is 6.95. The molecule has 0 radical (unpaired) electrons. The van der Waals surface area contributed by atoms with Crippen molar-refractivity contribution in [1.82, 2.24) is 4.90 Å². The van der Waals surface area contributed by atoms with Crippen molar-refractivity contribution >= 4 is 15.5 Å². The number of nitrogens with one attached hydrogen (secondary N) is 1. The van der Waals surface area contributed by atoms with Gasteiger partial charge in [0.05, 0.1) is 4.90 Å². The Hall–Kier alpha value is -1.07. The molecule has 0 spiro atoms. The molecule has 0 aromatic heterocycles. The Morgan fingerprint density at radius 3 is 2.39 bits per heavy atom. The van der Waals surface area contributed by atoms with Gasteiger partial charge in [0.15, 0.2) is 9.84 Å². The molecule has 0 heterocycles. The molecular formula is C13H20N2O2S. The predicted molar refractivity (Wildman–Crippen MR) is 73.7 cm³/mol. The van der Waals surface area contributed by atoms with E-state index < -0.39 is 9.84 Å². The Kier molecular flexibility index (Phi) is 3.92. The lowest BCUT2D eigenvalue weighted by Gasteiger charge is -2.16. The van der Waals surface area contributed by atoms with Crippen LogP contribution in [0, 0.1) is 0 Å². The zero-order valence-electron chi connectivity index (χ0n) is 10.9. The first-order chi connectivity index (χ1) is 8.47. The van der Waals surface area contributed by atoms with Crippen molar-refractivity contribution in [2.24, 2.45) is 0 Å². The van der Waals surface area contributed by atoms with Gasteiger partial charge in [0.25, 0.3) is 0 Å². The molecule has 0 unspecified atom stereocenters. The van der Waals surface area contributed by atoms with E-state index in [-0.39, 0.29) is 0 Å². The van der Waals surface area contributed by atoms with Crippen LogP contribution >= 0.6 is 0 Å². The minimum absolute atomic E-state index is 0.364. The van der Waals surface area contributed by atoms with E-state index in [0.29, 0.717) is 4.90 Å². The lowest BCUT2D eigenvalue weighted by molar-refractivity contribution is 0.337. The Morgan fingerprint density at radius 1 is 1.28 bits per heavy atom. The molecule has 0 bridgehead atoms. The molecular weight excluding hydrogens is 248 g/mol. The normalized spacial score (nSPS) is 15.9. The number of benzene rings is 1. The van der Waals surface area contributed by atoms with Gasteiger partial charge in [-0.05, 0) is 44.2 Å². The summed E-state index contributed by atoms with van der Waals surface area (Å²) in [6.45, 7) is 1.89. The van der Waals surface area contributed by atoms with E-state index in [0.717, 1.165) is 24.8 Å². The van der Waals surface area contributed by atoms with E-state index in [1.165, 1.54) is 19.1 Å². The second kappa shape index (κ2) is 5.28.